The van der Waals surface area contributed by atoms with Gasteiger partial charge in [0.15, 0.2) is 5.92 Å². The Balaban J connectivity index is 4.08. The van der Waals surface area contributed by atoms with Gasteiger partial charge in [0.05, 0.1) is 0 Å². The zero-order valence-corrected chi connectivity index (χ0v) is 10.5. The third kappa shape index (κ3) is 7.75. The van der Waals surface area contributed by atoms with E-state index in [-0.39, 0.29) is 12.1 Å². The zero-order valence-electron chi connectivity index (χ0n) is 10.5. The molecule has 0 unspecified atom stereocenters. The fraction of sp³-hybridized carbons (Fsp3) is 1.00. The smallest absolute Gasteiger partial charge is 0.315 e. The summed E-state index contributed by atoms with van der Waals surface area (Å²) in [6.07, 6.45) is -10.6. The van der Waals surface area contributed by atoms with Crippen molar-refractivity contribution in [3.63, 3.8) is 0 Å². The first-order chi connectivity index (χ1) is 7.84. The fourth-order valence-electron chi connectivity index (χ4n) is 1.19. The molecule has 0 aliphatic heterocycles. The van der Waals surface area contributed by atoms with E-state index in [4.69, 9.17) is 0 Å². The predicted octanol–water partition coefficient (Wildman–Crippen LogP) is 2.70. The number of hydrogen-bond donors (Lipinski definition) is 2. The van der Waals surface area contributed by atoms with Gasteiger partial charge in [0, 0.05) is 25.2 Å². The molecule has 110 valence electrons. The van der Waals surface area contributed by atoms with Crippen molar-refractivity contribution >= 4 is 0 Å². The summed E-state index contributed by atoms with van der Waals surface area (Å²) in [6, 6.07) is 0. The van der Waals surface area contributed by atoms with Crippen molar-refractivity contribution in [3.8, 4) is 0 Å². The molecule has 0 saturated carbocycles. The van der Waals surface area contributed by atoms with E-state index in [0.29, 0.717) is 6.54 Å². The maximum Gasteiger partial charge on any atom is 0.401 e. The highest BCUT2D eigenvalue weighted by Gasteiger charge is 2.56. The Morgan fingerprint density at radius 1 is 0.833 bits per heavy atom. The van der Waals surface area contributed by atoms with Crippen LogP contribution in [0.5, 0.6) is 0 Å². The number of nitrogens with one attached hydrogen (secondary N) is 2. The van der Waals surface area contributed by atoms with Crippen molar-refractivity contribution in [2.45, 2.75) is 38.7 Å². The molecule has 0 aliphatic carbocycles. The van der Waals surface area contributed by atoms with Gasteiger partial charge in [-0.25, -0.2) is 0 Å². The van der Waals surface area contributed by atoms with Crippen molar-refractivity contribution < 1.29 is 26.3 Å². The highest BCUT2D eigenvalue weighted by atomic mass is 19.4. The first-order valence-corrected chi connectivity index (χ1v) is 5.43. The van der Waals surface area contributed by atoms with Crippen LogP contribution in [0.3, 0.4) is 0 Å². The van der Waals surface area contributed by atoms with Crippen LogP contribution in [0, 0.1) is 5.92 Å². The molecule has 0 rings (SSSR count). The van der Waals surface area contributed by atoms with Crippen molar-refractivity contribution in [2.75, 3.05) is 19.6 Å². The number of rotatable bonds is 5. The van der Waals surface area contributed by atoms with Gasteiger partial charge in [0.2, 0.25) is 0 Å². The largest absolute Gasteiger partial charge is 0.401 e. The molecule has 0 atom stereocenters. The van der Waals surface area contributed by atoms with Gasteiger partial charge in [0.1, 0.15) is 0 Å². The van der Waals surface area contributed by atoms with Gasteiger partial charge in [-0.2, -0.15) is 26.3 Å². The lowest BCUT2D eigenvalue weighted by molar-refractivity contribution is -0.281. The molecule has 0 spiro atoms. The molecule has 8 heteroatoms. The van der Waals surface area contributed by atoms with Crippen LogP contribution in [0.2, 0.25) is 0 Å². The van der Waals surface area contributed by atoms with E-state index in [0.717, 1.165) is 0 Å². The highest BCUT2D eigenvalue weighted by Crippen LogP contribution is 2.38. The number of halogens is 6. The minimum Gasteiger partial charge on any atom is -0.315 e. The Morgan fingerprint density at radius 2 is 1.28 bits per heavy atom. The van der Waals surface area contributed by atoms with Gasteiger partial charge in [-0.05, 0) is 20.8 Å². The first-order valence-electron chi connectivity index (χ1n) is 5.43. The summed E-state index contributed by atoms with van der Waals surface area (Å²) in [6.45, 7) is 4.73. The van der Waals surface area contributed by atoms with Crippen LogP contribution >= 0.6 is 0 Å². The van der Waals surface area contributed by atoms with Crippen LogP contribution in [0.1, 0.15) is 20.8 Å². The second-order valence-corrected chi connectivity index (χ2v) is 5.02. The molecule has 0 radical (unpaired) electrons. The molecule has 2 nitrogen and oxygen atoms in total. The summed E-state index contributed by atoms with van der Waals surface area (Å²) in [4.78, 5) is 0. The average molecular weight is 280 g/mol. The monoisotopic (exact) mass is 280 g/mol. The van der Waals surface area contributed by atoms with Crippen LogP contribution in [-0.2, 0) is 0 Å². The van der Waals surface area contributed by atoms with E-state index < -0.39 is 24.8 Å². The maximum absolute atomic E-state index is 12.1. The Bertz CT molecular complexity index is 226. The molecule has 2 N–H and O–H groups in total. The quantitative estimate of drug-likeness (QED) is 0.597. The molecular formula is C10H18F6N2. The maximum atomic E-state index is 12.1. The van der Waals surface area contributed by atoms with Crippen molar-refractivity contribution in [1.82, 2.24) is 10.6 Å². The normalized spacial score (nSPS) is 14.3. The minimum absolute atomic E-state index is 0.0416. The Hall–Kier alpha value is -0.500. The Kier molecular flexibility index (Phi) is 5.93. The summed E-state index contributed by atoms with van der Waals surface area (Å²) in [5.74, 6) is -3.32. The molecule has 18 heavy (non-hydrogen) atoms. The van der Waals surface area contributed by atoms with Gasteiger partial charge in [-0.15, -0.1) is 0 Å². The molecule has 0 heterocycles. The van der Waals surface area contributed by atoms with E-state index in [2.05, 4.69) is 10.6 Å². The summed E-state index contributed by atoms with van der Waals surface area (Å²) >= 11 is 0. The number of alkyl halides is 6. The first kappa shape index (κ1) is 17.5. The summed E-state index contributed by atoms with van der Waals surface area (Å²) in [5.41, 5.74) is -0.227. The topological polar surface area (TPSA) is 24.1 Å². The molecule has 0 aromatic heterocycles. The third-order valence-electron chi connectivity index (χ3n) is 2.10. The van der Waals surface area contributed by atoms with Gasteiger partial charge in [-0.1, -0.05) is 0 Å². The average Bonchev–Trinajstić information content (AvgIpc) is 2.04. The predicted molar refractivity (Wildman–Crippen MR) is 56.2 cm³/mol. The number of hydrogen-bond acceptors (Lipinski definition) is 2. The van der Waals surface area contributed by atoms with Crippen LogP contribution in [0.25, 0.3) is 0 Å². The fourth-order valence-corrected chi connectivity index (χ4v) is 1.19. The molecule has 0 aromatic rings. The van der Waals surface area contributed by atoms with Gasteiger partial charge in [0.25, 0.3) is 0 Å². The van der Waals surface area contributed by atoms with E-state index in [9.17, 15) is 26.3 Å². The van der Waals surface area contributed by atoms with Crippen LogP contribution < -0.4 is 10.6 Å². The summed E-state index contributed by atoms with van der Waals surface area (Å²) in [7, 11) is 0. The molecular weight excluding hydrogens is 262 g/mol. The minimum atomic E-state index is -5.28. The van der Waals surface area contributed by atoms with Crippen LogP contribution in [-0.4, -0.2) is 37.5 Å². The highest BCUT2D eigenvalue weighted by molar-refractivity contribution is 4.78. The van der Waals surface area contributed by atoms with E-state index in [1.54, 1.807) is 0 Å². The van der Waals surface area contributed by atoms with E-state index >= 15 is 0 Å². The standard InChI is InChI=1S/C10H18F6N2/c1-8(2,3)18-5-4-17-6-7(9(11,12)13)10(14,15)16/h7,17-18H,4-6H2,1-3H3. The lowest BCUT2D eigenvalue weighted by atomic mass is 10.1. The molecule has 0 amide bonds. The Labute approximate surface area is 102 Å². The Morgan fingerprint density at radius 3 is 1.61 bits per heavy atom. The van der Waals surface area contributed by atoms with E-state index in [1.807, 2.05) is 20.8 Å². The molecule has 0 saturated heterocycles. The van der Waals surface area contributed by atoms with Crippen LogP contribution in [0.15, 0.2) is 0 Å². The lowest BCUT2D eigenvalue weighted by Crippen LogP contribution is -2.46. The van der Waals surface area contributed by atoms with Crippen molar-refractivity contribution in [1.29, 1.82) is 0 Å². The molecule has 0 fully saturated rings. The van der Waals surface area contributed by atoms with Crippen molar-refractivity contribution in [2.24, 2.45) is 5.92 Å². The second kappa shape index (κ2) is 6.10. The van der Waals surface area contributed by atoms with Crippen molar-refractivity contribution in [3.05, 3.63) is 0 Å². The second-order valence-electron chi connectivity index (χ2n) is 5.02. The van der Waals surface area contributed by atoms with E-state index in [1.165, 1.54) is 0 Å². The summed E-state index contributed by atoms with van der Waals surface area (Å²) < 4.78 is 72.8. The van der Waals surface area contributed by atoms with Gasteiger partial charge >= 0.3 is 12.4 Å². The van der Waals surface area contributed by atoms with Crippen LogP contribution in [0.4, 0.5) is 26.3 Å². The third-order valence-corrected chi connectivity index (χ3v) is 2.10. The van der Waals surface area contributed by atoms with Gasteiger partial charge < -0.3 is 10.6 Å². The zero-order chi connectivity index (χ0) is 14.6. The molecule has 0 bridgehead atoms. The molecule has 0 aliphatic rings. The lowest BCUT2D eigenvalue weighted by Gasteiger charge is -2.24. The molecule has 0 aromatic carbocycles. The SMILES string of the molecule is CC(C)(C)NCCNCC(C(F)(F)F)C(F)(F)F. The summed E-state index contributed by atoms with van der Waals surface area (Å²) in [5, 5.41) is 5.12. The van der Waals surface area contributed by atoms with Gasteiger partial charge in [-0.3, -0.25) is 0 Å².